The first kappa shape index (κ1) is 18.2. The zero-order valence-corrected chi connectivity index (χ0v) is 15.2. The van der Waals surface area contributed by atoms with E-state index < -0.39 is 5.97 Å². The highest BCUT2D eigenvalue weighted by atomic mass is 32.1. The molecule has 26 heavy (non-hydrogen) atoms. The van der Waals surface area contributed by atoms with E-state index in [-0.39, 0.29) is 0 Å². The fourth-order valence-corrected chi connectivity index (χ4v) is 2.82. The Morgan fingerprint density at radius 2 is 2.04 bits per heavy atom. The highest BCUT2D eigenvalue weighted by Gasteiger charge is 2.17. The Hall–Kier alpha value is -2.64. The van der Waals surface area contributed by atoms with E-state index in [0.717, 1.165) is 23.6 Å². The van der Waals surface area contributed by atoms with Gasteiger partial charge in [-0.05, 0) is 36.4 Å². The first-order valence-electron chi connectivity index (χ1n) is 8.16. The zero-order valence-electron chi connectivity index (χ0n) is 14.3. The van der Waals surface area contributed by atoms with Crippen molar-refractivity contribution in [2.75, 3.05) is 33.4 Å². The Morgan fingerprint density at radius 1 is 1.23 bits per heavy atom. The predicted octanol–water partition coefficient (Wildman–Crippen LogP) is 2.91. The van der Waals surface area contributed by atoms with Crippen molar-refractivity contribution in [2.24, 2.45) is 0 Å². The molecule has 3 rings (SSSR count). The number of rotatable bonds is 5. The predicted molar refractivity (Wildman–Crippen MR) is 100 cm³/mol. The number of ether oxygens (including phenoxy) is 3. The summed E-state index contributed by atoms with van der Waals surface area (Å²) in [7, 11) is 1.52. The Labute approximate surface area is 156 Å². The molecule has 0 spiro atoms. The van der Waals surface area contributed by atoms with Gasteiger partial charge in [-0.2, -0.15) is 0 Å². The summed E-state index contributed by atoms with van der Waals surface area (Å²) < 4.78 is 21.2. The van der Waals surface area contributed by atoms with E-state index in [1.807, 2.05) is 6.07 Å². The van der Waals surface area contributed by atoms with Crippen molar-refractivity contribution >= 4 is 29.3 Å². The molecular weight excluding hydrogens is 354 g/mol. The van der Waals surface area contributed by atoms with E-state index in [4.69, 9.17) is 30.8 Å². The van der Waals surface area contributed by atoms with Crippen molar-refractivity contribution in [3.8, 4) is 11.5 Å². The third-order valence-corrected chi connectivity index (χ3v) is 4.34. The number of morpholine rings is 1. The number of methoxy groups -OCH3 is 1. The number of esters is 1. The molecule has 7 heteroatoms. The van der Waals surface area contributed by atoms with Gasteiger partial charge in [0.15, 0.2) is 11.5 Å². The molecule has 0 atom stereocenters. The molecule has 2 aromatic rings. The maximum absolute atomic E-state index is 12.0. The van der Waals surface area contributed by atoms with Crippen LogP contribution in [0.25, 0.3) is 6.08 Å². The highest BCUT2D eigenvalue weighted by molar-refractivity contribution is 7.80. The van der Waals surface area contributed by atoms with Crippen LogP contribution >= 0.6 is 12.2 Å². The zero-order chi connectivity index (χ0) is 18.4. The first-order valence-corrected chi connectivity index (χ1v) is 8.56. The second kappa shape index (κ2) is 8.64. The lowest BCUT2D eigenvalue weighted by molar-refractivity contribution is -0.129. The molecule has 0 bridgehead atoms. The molecule has 6 nitrogen and oxygen atoms in total. The lowest BCUT2D eigenvalue weighted by atomic mass is 10.1. The largest absolute Gasteiger partial charge is 0.493 e. The van der Waals surface area contributed by atoms with Gasteiger partial charge in [0.05, 0.1) is 26.6 Å². The average Bonchev–Trinajstić information content (AvgIpc) is 3.20. The van der Waals surface area contributed by atoms with Gasteiger partial charge in [0.1, 0.15) is 10.7 Å². The quantitative estimate of drug-likeness (QED) is 0.346. The molecular formula is C19H19NO5S. The van der Waals surface area contributed by atoms with E-state index in [1.165, 1.54) is 25.5 Å². The van der Waals surface area contributed by atoms with Crippen molar-refractivity contribution in [3.05, 3.63) is 54.0 Å². The monoisotopic (exact) mass is 373 g/mol. The van der Waals surface area contributed by atoms with Gasteiger partial charge in [0.25, 0.3) is 0 Å². The Kier molecular flexibility index (Phi) is 6.04. The third kappa shape index (κ3) is 4.50. The van der Waals surface area contributed by atoms with Crippen LogP contribution in [0.3, 0.4) is 0 Å². The molecule has 0 radical (unpaired) electrons. The fraction of sp³-hybridized carbons (Fsp3) is 0.263. The molecule has 0 N–H and O–H groups in total. The Morgan fingerprint density at radius 3 is 2.73 bits per heavy atom. The molecule has 0 unspecified atom stereocenters. The van der Waals surface area contributed by atoms with Gasteiger partial charge >= 0.3 is 5.97 Å². The topological polar surface area (TPSA) is 61.1 Å². The van der Waals surface area contributed by atoms with E-state index >= 15 is 0 Å². The Bertz CT molecular complexity index is 794. The van der Waals surface area contributed by atoms with Crippen molar-refractivity contribution in [1.29, 1.82) is 0 Å². The van der Waals surface area contributed by atoms with Crippen molar-refractivity contribution in [1.82, 2.24) is 4.90 Å². The normalized spacial score (nSPS) is 14.4. The van der Waals surface area contributed by atoms with Gasteiger partial charge in [-0.15, -0.1) is 0 Å². The van der Waals surface area contributed by atoms with Crippen LogP contribution in [0.15, 0.2) is 47.1 Å². The maximum Gasteiger partial charge on any atom is 0.336 e. The van der Waals surface area contributed by atoms with Crippen LogP contribution in [0, 0.1) is 0 Å². The van der Waals surface area contributed by atoms with Gasteiger partial charge < -0.3 is 23.5 Å². The number of carbonyl (C=O) groups is 1. The number of hydrogen-bond acceptors (Lipinski definition) is 6. The van der Waals surface area contributed by atoms with Gasteiger partial charge in [-0.1, -0.05) is 12.2 Å². The SMILES string of the molecule is COc1cc(C(=S)N2CCOCC2)ccc1OC(=O)/C=C/c1ccco1. The number of hydrogen-bond donors (Lipinski definition) is 0. The molecule has 136 valence electrons. The van der Waals surface area contributed by atoms with Crippen LogP contribution in [-0.4, -0.2) is 49.3 Å². The van der Waals surface area contributed by atoms with Gasteiger partial charge in [-0.3, -0.25) is 0 Å². The number of carbonyl (C=O) groups excluding carboxylic acids is 1. The summed E-state index contributed by atoms with van der Waals surface area (Å²) in [5.74, 6) is 0.816. The molecule has 1 saturated heterocycles. The molecule has 0 saturated carbocycles. The summed E-state index contributed by atoms with van der Waals surface area (Å²) >= 11 is 5.55. The average molecular weight is 373 g/mol. The summed E-state index contributed by atoms with van der Waals surface area (Å²) in [5.41, 5.74) is 0.838. The summed E-state index contributed by atoms with van der Waals surface area (Å²) in [5, 5.41) is 0. The summed E-state index contributed by atoms with van der Waals surface area (Å²) in [6.07, 6.45) is 4.37. The van der Waals surface area contributed by atoms with E-state index in [0.29, 0.717) is 30.5 Å². The second-order valence-electron chi connectivity index (χ2n) is 5.54. The van der Waals surface area contributed by atoms with Crippen LogP contribution in [0.1, 0.15) is 11.3 Å². The highest BCUT2D eigenvalue weighted by Crippen LogP contribution is 2.29. The molecule has 1 fully saturated rings. The molecule has 1 aliphatic rings. The Balaban J connectivity index is 1.70. The van der Waals surface area contributed by atoms with Crippen molar-refractivity contribution in [3.63, 3.8) is 0 Å². The third-order valence-electron chi connectivity index (χ3n) is 3.85. The van der Waals surface area contributed by atoms with Gasteiger partial charge in [0, 0.05) is 24.7 Å². The standard InChI is InChI=1S/C19H19NO5S/c1-22-17-13-14(19(26)20-8-11-23-12-9-20)4-6-16(17)25-18(21)7-5-15-3-2-10-24-15/h2-7,10,13H,8-9,11-12H2,1H3/b7-5+. The minimum Gasteiger partial charge on any atom is -0.493 e. The van der Waals surface area contributed by atoms with Gasteiger partial charge in [0.2, 0.25) is 0 Å². The lowest BCUT2D eigenvalue weighted by Crippen LogP contribution is -2.40. The fourth-order valence-electron chi connectivity index (χ4n) is 2.51. The summed E-state index contributed by atoms with van der Waals surface area (Å²) in [4.78, 5) is 14.8. The lowest BCUT2D eigenvalue weighted by Gasteiger charge is -2.29. The first-order chi connectivity index (χ1) is 12.7. The van der Waals surface area contributed by atoms with Crippen LogP contribution in [0.4, 0.5) is 0 Å². The molecule has 2 heterocycles. The van der Waals surface area contributed by atoms with Crippen LogP contribution in [0.2, 0.25) is 0 Å². The van der Waals surface area contributed by atoms with Crippen molar-refractivity contribution in [2.45, 2.75) is 0 Å². The maximum atomic E-state index is 12.0. The van der Waals surface area contributed by atoms with Crippen molar-refractivity contribution < 1.29 is 23.4 Å². The van der Waals surface area contributed by atoms with E-state index in [2.05, 4.69) is 4.90 Å². The number of furan rings is 1. The number of benzene rings is 1. The van der Waals surface area contributed by atoms with Crippen LogP contribution in [-0.2, 0) is 9.53 Å². The molecule has 1 aromatic heterocycles. The minimum absolute atomic E-state index is 0.329. The molecule has 0 aliphatic carbocycles. The van der Waals surface area contributed by atoms with Gasteiger partial charge in [-0.25, -0.2) is 4.79 Å². The minimum atomic E-state index is -0.525. The summed E-state index contributed by atoms with van der Waals surface area (Å²) in [6.45, 7) is 2.84. The second-order valence-corrected chi connectivity index (χ2v) is 5.93. The molecule has 1 aliphatic heterocycles. The van der Waals surface area contributed by atoms with E-state index in [1.54, 1.807) is 24.3 Å². The smallest absolute Gasteiger partial charge is 0.336 e. The molecule has 1 aromatic carbocycles. The number of nitrogens with zero attached hydrogens (tertiary/aromatic N) is 1. The summed E-state index contributed by atoms with van der Waals surface area (Å²) in [6, 6.07) is 8.76. The molecule has 0 amide bonds. The number of thiocarbonyl (C=S) groups is 1. The van der Waals surface area contributed by atoms with E-state index in [9.17, 15) is 4.79 Å². The van der Waals surface area contributed by atoms with Crippen LogP contribution in [0.5, 0.6) is 11.5 Å². The van der Waals surface area contributed by atoms with Crippen LogP contribution < -0.4 is 9.47 Å².